The summed E-state index contributed by atoms with van der Waals surface area (Å²) in [4.78, 5) is 4.08. The van der Waals surface area contributed by atoms with Gasteiger partial charge in [-0.1, -0.05) is 0 Å². The van der Waals surface area contributed by atoms with E-state index in [2.05, 4.69) is 4.98 Å². The highest BCUT2D eigenvalue weighted by molar-refractivity contribution is 5.97. The van der Waals surface area contributed by atoms with Crippen molar-refractivity contribution in [1.82, 2.24) is 4.98 Å². The molecule has 19 heavy (non-hydrogen) atoms. The minimum atomic E-state index is -0.0750. The molecule has 0 aliphatic heterocycles. The normalized spacial score (nSPS) is 9.95. The third-order valence-electron chi connectivity index (χ3n) is 2.41. The van der Waals surface area contributed by atoms with Crippen molar-refractivity contribution in [3.8, 4) is 17.4 Å². The number of amidine groups is 1. The fourth-order valence-electron chi connectivity index (χ4n) is 1.56. The van der Waals surface area contributed by atoms with Gasteiger partial charge in [-0.05, 0) is 43.3 Å². The van der Waals surface area contributed by atoms with E-state index < -0.39 is 0 Å². The number of benzene rings is 1. The van der Waals surface area contributed by atoms with Crippen molar-refractivity contribution in [2.24, 2.45) is 5.73 Å². The van der Waals surface area contributed by atoms with Crippen LogP contribution >= 0.6 is 0 Å². The molecule has 1 heterocycles. The van der Waals surface area contributed by atoms with Gasteiger partial charge in [0.1, 0.15) is 17.3 Å². The molecule has 3 N–H and O–H groups in total. The molecular weight excluding hydrogens is 242 g/mol. The zero-order chi connectivity index (χ0) is 13.7. The lowest BCUT2D eigenvalue weighted by Crippen LogP contribution is -2.12. The summed E-state index contributed by atoms with van der Waals surface area (Å²) >= 11 is 0. The Bertz CT molecular complexity index is 567. The molecule has 1 aromatic heterocycles. The number of hydrogen-bond acceptors (Lipinski definition) is 4. The summed E-state index contributed by atoms with van der Waals surface area (Å²) in [7, 11) is 0. The van der Waals surface area contributed by atoms with Crippen LogP contribution in [-0.2, 0) is 0 Å². The Hall–Kier alpha value is -2.56. The zero-order valence-electron chi connectivity index (χ0n) is 10.6. The van der Waals surface area contributed by atoms with E-state index in [0.717, 1.165) is 5.75 Å². The largest absolute Gasteiger partial charge is 0.494 e. The van der Waals surface area contributed by atoms with Gasteiger partial charge in [0.25, 0.3) is 0 Å². The predicted octanol–water partition coefficient (Wildman–Crippen LogP) is 2.56. The summed E-state index contributed by atoms with van der Waals surface area (Å²) in [5, 5.41) is 7.47. The van der Waals surface area contributed by atoms with Gasteiger partial charge in [0.05, 0.1) is 12.2 Å². The van der Waals surface area contributed by atoms with Crippen molar-refractivity contribution in [2.45, 2.75) is 6.92 Å². The minimum Gasteiger partial charge on any atom is -0.494 e. The van der Waals surface area contributed by atoms with E-state index in [4.69, 9.17) is 20.6 Å². The summed E-state index contributed by atoms with van der Waals surface area (Å²) in [6.45, 7) is 2.55. The summed E-state index contributed by atoms with van der Waals surface area (Å²) in [5.74, 6) is 1.64. The Morgan fingerprint density at radius 2 is 1.89 bits per heavy atom. The zero-order valence-corrected chi connectivity index (χ0v) is 10.6. The van der Waals surface area contributed by atoms with Crippen molar-refractivity contribution < 1.29 is 9.47 Å². The van der Waals surface area contributed by atoms with Crippen LogP contribution in [0.4, 0.5) is 0 Å². The predicted molar refractivity (Wildman–Crippen MR) is 72.9 cm³/mol. The molecule has 0 fully saturated rings. The van der Waals surface area contributed by atoms with Crippen LogP contribution in [0.15, 0.2) is 42.6 Å². The second-order valence-electron chi connectivity index (χ2n) is 3.78. The van der Waals surface area contributed by atoms with Gasteiger partial charge in [0.15, 0.2) is 0 Å². The van der Waals surface area contributed by atoms with Gasteiger partial charge in [-0.25, -0.2) is 4.98 Å². The molecule has 0 spiro atoms. The third-order valence-corrected chi connectivity index (χ3v) is 2.41. The van der Waals surface area contributed by atoms with Crippen molar-refractivity contribution in [1.29, 1.82) is 5.41 Å². The first-order valence-corrected chi connectivity index (χ1v) is 5.91. The van der Waals surface area contributed by atoms with E-state index in [9.17, 15) is 0 Å². The summed E-state index contributed by atoms with van der Waals surface area (Å²) in [5.41, 5.74) is 5.94. The number of ether oxygens (including phenoxy) is 2. The van der Waals surface area contributed by atoms with Gasteiger partial charge in [0, 0.05) is 6.20 Å². The van der Waals surface area contributed by atoms with E-state index in [1.54, 1.807) is 30.5 Å². The number of nitrogens with one attached hydrogen (secondary N) is 1. The van der Waals surface area contributed by atoms with Gasteiger partial charge in [-0.2, -0.15) is 0 Å². The number of rotatable bonds is 5. The molecule has 0 atom stereocenters. The molecule has 0 radical (unpaired) electrons. The van der Waals surface area contributed by atoms with Crippen LogP contribution in [-0.4, -0.2) is 17.4 Å². The van der Waals surface area contributed by atoms with Crippen LogP contribution in [0.3, 0.4) is 0 Å². The van der Waals surface area contributed by atoms with Crippen molar-refractivity contribution in [2.75, 3.05) is 6.61 Å². The van der Waals surface area contributed by atoms with Crippen LogP contribution in [0, 0.1) is 5.41 Å². The average molecular weight is 257 g/mol. The number of nitrogens with two attached hydrogens (primary N) is 1. The smallest absolute Gasteiger partial charge is 0.230 e. The molecule has 0 saturated carbocycles. The van der Waals surface area contributed by atoms with Gasteiger partial charge in [0.2, 0.25) is 5.88 Å². The monoisotopic (exact) mass is 257 g/mol. The average Bonchev–Trinajstić information content (AvgIpc) is 2.42. The van der Waals surface area contributed by atoms with E-state index >= 15 is 0 Å². The molecule has 0 bridgehead atoms. The van der Waals surface area contributed by atoms with Crippen LogP contribution in [0.1, 0.15) is 12.5 Å². The molecule has 2 rings (SSSR count). The van der Waals surface area contributed by atoms with Crippen LogP contribution in [0.25, 0.3) is 0 Å². The fraction of sp³-hybridized carbons (Fsp3) is 0.143. The number of pyridine rings is 1. The fourth-order valence-corrected chi connectivity index (χ4v) is 1.56. The Morgan fingerprint density at radius 3 is 2.53 bits per heavy atom. The summed E-state index contributed by atoms with van der Waals surface area (Å²) in [6.07, 6.45) is 1.59. The number of nitrogens with zero attached hydrogens (tertiary/aromatic N) is 1. The second kappa shape index (κ2) is 5.86. The lowest BCUT2D eigenvalue weighted by molar-refractivity contribution is 0.339. The van der Waals surface area contributed by atoms with E-state index in [-0.39, 0.29) is 5.84 Å². The van der Waals surface area contributed by atoms with Gasteiger partial charge >= 0.3 is 0 Å². The topological polar surface area (TPSA) is 81.2 Å². The van der Waals surface area contributed by atoms with Gasteiger partial charge < -0.3 is 15.2 Å². The Balaban J connectivity index is 2.19. The van der Waals surface area contributed by atoms with Gasteiger partial charge in [-0.3, -0.25) is 5.41 Å². The number of aromatic nitrogens is 1. The van der Waals surface area contributed by atoms with E-state index in [1.165, 1.54) is 0 Å². The minimum absolute atomic E-state index is 0.0750. The molecule has 0 saturated heterocycles. The first-order valence-electron chi connectivity index (χ1n) is 5.91. The van der Waals surface area contributed by atoms with Crippen LogP contribution in [0.2, 0.25) is 0 Å². The third kappa shape index (κ3) is 3.22. The molecule has 0 aliphatic rings. The molecule has 0 unspecified atom stereocenters. The highest BCUT2D eigenvalue weighted by Crippen LogP contribution is 2.24. The second-order valence-corrected chi connectivity index (χ2v) is 3.78. The van der Waals surface area contributed by atoms with E-state index in [0.29, 0.717) is 23.8 Å². The Morgan fingerprint density at radius 1 is 1.21 bits per heavy atom. The summed E-state index contributed by atoms with van der Waals surface area (Å²) in [6, 6.07) is 10.6. The van der Waals surface area contributed by atoms with Crippen molar-refractivity contribution >= 4 is 5.84 Å². The molecule has 0 amide bonds. The first kappa shape index (κ1) is 12.9. The quantitative estimate of drug-likeness (QED) is 0.637. The summed E-state index contributed by atoms with van der Waals surface area (Å²) < 4.78 is 11.0. The Kier molecular flexibility index (Phi) is 3.97. The lowest BCUT2D eigenvalue weighted by Gasteiger charge is -2.09. The van der Waals surface area contributed by atoms with Crippen LogP contribution in [0.5, 0.6) is 17.4 Å². The number of nitrogen functional groups attached to an aromatic ring is 1. The number of hydrogen-bond donors (Lipinski definition) is 2. The Labute approximate surface area is 111 Å². The molecule has 98 valence electrons. The molecule has 1 aromatic carbocycles. The maximum atomic E-state index is 7.47. The SMILES string of the molecule is CCOc1ccc(Oc2ncccc2C(=N)N)cc1. The molecule has 5 heteroatoms. The molecular formula is C14H15N3O2. The standard InChI is InChI=1S/C14H15N3O2/c1-2-18-10-5-7-11(8-6-10)19-14-12(13(15)16)4-3-9-17-14/h3-9H,2H2,1H3,(H3,15,16). The van der Waals surface area contributed by atoms with Crippen LogP contribution < -0.4 is 15.2 Å². The maximum Gasteiger partial charge on any atom is 0.230 e. The first-order chi connectivity index (χ1) is 9.20. The van der Waals surface area contributed by atoms with Gasteiger partial charge in [-0.15, -0.1) is 0 Å². The highest BCUT2D eigenvalue weighted by atomic mass is 16.5. The van der Waals surface area contributed by atoms with Crippen molar-refractivity contribution in [3.05, 3.63) is 48.2 Å². The maximum absolute atomic E-state index is 7.47. The molecule has 0 aliphatic carbocycles. The molecule has 2 aromatic rings. The van der Waals surface area contributed by atoms with Crippen molar-refractivity contribution in [3.63, 3.8) is 0 Å². The lowest BCUT2D eigenvalue weighted by atomic mass is 10.2. The van der Waals surface area contributed by atoms with E-state index in [1.807, 2.05) is 19.1 Å². The molecule has 5 nitrogen and oxygen atoms in total. The highest BCUT2D eigenvalue weighted by Gasteiger charge is 2.08.